The van der Waals surface area contributed by atoms with Crippen LogP contribution in [0.25, 0.3) is 11.8 Å². The first-order chi connectivity index (χ1) is 6.95. The van der Waals surface area contributed by atoms with Gasteiger partial charge in [0.15, 0.2) is 0 Å². The van der Waals surface area contributed by atoms with Crippen molar-refractivity contribution >= 4 is 11.8 Å². The van der Waals surface area contributed by atoms with Crippen molar-refractivity contribution in [2.24, 2.45) is 0 Å². The van der Waals surface area contributed by atoms with Gasteiger partial charge in [0.05, 0.1) is 6.26 Å². The smallest absolute Gasteiger partial charge is 0.120 e. The van der Waals surface area contributed by atoms with Gasteiger partial charge in [0, 0.05) is 5.22 Å². The molecule has 0 saturated heterocycles. The molecule has 0 N–H and O–H groups in total. The highest BCUT2D eigenvalue weighted by Crippen LogP contribution is 2.27. The third-order valence-corrected chi connectivity index (χ3v) is 3.22. The van der Waals surface area contributed by atoms with Crippen molar-refractivity contribution in [3.63, 3.8) is 0 Å². The second-order valence-corrected chi connectivity index (χ2v) is 4.10. The third-order valence-electron chi connectivity index (χ3n) is 3.22. The quantitative estimate of drug-likeness (QED) is 0.597. The molecule has 1 unspecified atom stereocenters. The zero-order valence-corrected chi connectivity index (χ0v) is 8.20. The van der Waals surface area contributed by atoms with Gasteiger partial charge in [0.2, 0.25) is 0 Å². The molecule has 0 spiro atoms. The van der Waals surface area contributed by atoms with Crippen molar-refractivity contribution in [2.75, 3.05) is 0 Å². The molecule has 3 rings (SSSR count). The Morgan fingerprint density at radius 1 is 1.14 bits per heavy atom. The van der Waals surface area contributed by atoms with E-state index < -0.39 is 0 Å². The molecule has 0 amide bonds. The van der Waals surface area contributed by atoms with Gasteiger partial charge in [-0.05, 0) is 36.5 Å². The highest BCUT2D eigenvalue weighted by atomic mass is 16.5. The number of fused-ring (bicyclic) bond motifs is 2. The van der Waals surface area contributed by atoms with Crippen molar-refractivity contribution in [2.45, 2.75) is 31.8 Å². The molecule has 1 aliphatic carbocycles. The fraction of sp³-hybridized carbons (Fsp3) is 0.385. The Morgan fingerprint density at radius 3 is 3.07 bits per heavy atom. The number of hydrogen-bond donors (Lipinski definition) is 0. The third kappa shape index (κ3) is 1.16. The van der Waals surface area contributed by atoms with Crippen molar-refractivity contribution in [1.29, 1.82) is 0 Å². The van der Waals surface area contributed by atoms with Gasteiger partial charge in [-0.15, -0.1) is 0 Å². The van der Waals surface area contributed by atoms with Crippen LogP contribution in [0.1, 0.15) is 25.7 Å². The van der Waals surface area contributed by atoms with Crippen LogP contribution >= 0.6 is 0 Å². The number of benzene rings is 1. The maximum atomic E-state index is 5.75. The number of ether oxygens (including phenoxy) is 1. The average molecular weight is 186 g/mol. The Hall–Kier alpha value is -1.24. The van der Waals surface area contributed by atoms with Crippen molar-refractivity contribution in [3.05, 3.63) is 34.7 Å². The molecule has 1 aromatic carbocycles. The molecule has 14 heavy (non-hydrogen) atoms. The van der Waals surface area contributed by atoms with Gasteiger partial charge in [-0.2, -0.15) is 0 Å². The maximum Gasteiger partial charge on any atom is 0.120 e. The molecule has 1 saturated carbocycles. The number of rotatable bonds is 0. The zero-order chi connectivity index (χ0) is 9.38. The molecule has 1 aromatic rings. The van der Waals surface area contributed by atoms with Crippen LogP contribution in [0.2, 0.25) is 0 Å². The number of hydrogen-bond acceptors (Lipinski definition) is 1. The van der Waals surface area contributed by atoms with Gasteiger partial charge in [0.25, 0.3) is 0 Å². The summed E-state index contributed by atoms with van der Waals surface area (Å²) in [4.78, 5) is 0. The molecule has 1 aliphatic heterocycles. The van der Waals surface area contributed by atoms with E-state index in [9.17, 15) is 0 Å². The van der Waals surface area contributed by atoms with Gasteiger partial charge in [-0.25, -0.2) is 0 Å². The molecule has 1 heterocycles. The fourth-order valence-corrected chi connectivity index (χ4v) is 2.49. The van der Waals surface area contributed by atoms with Crippen LogP contribution < -0.4 is 10.4 Å². The van der Waals surface area contributed by atoms with Gasteiger partial charge < -0.3 is 4.74 Å². The summed E-state index contributed by atoms with van der Waals surface area (Å²) < 4.78 is 5.75. The van der Waals surface area contributed by atoms with Gasteiger partial charge in [0.1, 0.15) is 6.10 Å². The molecule has 0 radical (unpaired) electrons. The van der Waals surface area contributed by atoms with E-state index in [1.807, 2.05) is 6.26 Å². The topological polar surface area (TPSA) is 9.23 Å². The molecule has 1 fully saturated rings. The van der Waals surface area contributed by atoms with E-state index in [2.05, 4.69) is 24.3 Å². The van der Waals surface area contributed by atoms with Crippen LogP contribution in [0.3, 0.4) is 0 Å². The summed E-state index contributed by atoms with van der Waals surface area (Å²) in [5, 5.41) is 2.67. The Morgan fingerprint density at radius 2 is 2.07 bits per heavy atom. The molecule has 0 bridgehead atoms. The van der Waals surface area contributed by atoms with Crippen molar-refractivity contribution in [1.82, 2.24) is 0 Å². The van der Waals surface area contributed by atoms with Crippen LogP contribution in [0.5, 0.6) is 0 Å². The van der Waals surface area contributed by atoms with E-state index in [0.717, 1.165) is 0 Å². The predicted molar refractivity (Wildman–Crippen MR) is 56.9 cm³/mol. The molecule has 1 nitrogen and oxygen atoms in total. The van der Waals surface area contributed by atoms with E-state index in [0.29, 0.717) is 6.10 Å². The highest BCUT2D eigenvalue weighted by molar-refractivity contribution is 5.54. The van der Waals surface area contributed by atoms with Crippen LogP contribution in [-0.2, 0) is 4.74 Å². The Labute approximate surface area is 83.7 Å². The predicted octanol–water partition coefficient (Wildman–Crippen LogP) is 1.55. The van der Waals surface area contributed by atoms with Crippen molar-refractivity contribution in [3.8, 4) is 0 Å². The van der Waals surface area contributed by atoms with Crippen LogP contribution in [-0.4, -0.2) is 6.10 Å². The van der Waals surface area contributed by atoms with Crippen molar-refractivity contribution < 1.29 is 4.74 Å². The van der Waals surface area contributed by atoms with E-state index in [1.54, 1.807) is 0 Å². The molecule has 72 valence electrons. The molecule has 0 aromatic heterocycles. The average Bonchev–Trinajstić information content (AvgIpc) is 2.29. The van der Waals surface area contributed by atoms with Gasteiger partial charge in [-0.1, -0.05) is 24.3 Å². The summed E-state index contributed by atoms with van der Waals surface area (Å²) in [5.74, 6) is 0. The second-order valence-electron chi connectivity index (χ2n) is 4.10. The minimum Gasteiger partial charge on any atom is -0.493 e. The lowest BCUT2D eigenvalue weighted by molar-refractivity contribution is 0.201. The minimum absolute atomic E-state index is 0.374. The normalized spacial score (nSPS) is 24.3. The molecule has 1 atom stereocenters. The standard InChI is InChI=1S/C13H14O/c1-2-6-11-10(5-1)9-14-13-8-4-3-7-12(11)13/h1-2,5-6,9,13H,3-4,7-8H2. The zero-order valence-electron chi connectivity index (χ0n) is 8.20. The van der Waals surface area contributed by atoms with Crippen LogP contribution in [0.15, 0.2) is 24.3 Å². The molecular formula is C13H14O. The monoisotopic (exact) mass is 186 g/mol. The summed E-state index contributed by atoms with van der Waals surface area (Å²) >= 11 is 0. The summed E-state index contributed by atoms with van der Waals surface area (Å²) in [6.45, 7) is 0. The molecule has 2 aliphatic rings. The van der Waals surface area contributed by atoms with Gasteiger partial charge >= 0.3 is 0 Å². The van der Waals surface area contributed by atoms with E-state index in [4.69, 9.17) is 4.74 Å². The maximum absolute atomic E-state index is 5.75. The highest BCUT2D eigenvalue weighted by Gasteiger charge is 2.21. The Balaban J connectivity index is 2.27. The first-order valence-electron chi connectivity index (χ1n) is 5.39. The Kier molecular flexibility index (Phi) is 1.83. The second kappa shape index (κ2) is 3.16. The van der Waals surface area contributed by atoms with E-state index in [-0.39, 0.29) is 0 Å². The fourth-order valence-electron chi connectivity index (χ4n) is 2.49. The minimum atomic E-state index is 0.374. The summed E-state index contributed by atoms with van der Waals surface area (Å²) in [7, 11) is 0. The first kappa shape index (κ1) is 8.10. The van der Waals surface area contributed by atoms with E-state index >= 15 is 0 Å². The lowest BCUT2D eigenvalue weighted by Gasteiger charge is -2.27. The summed E-state index contributed by atoms with van der Waals surface area (Å²) in [5.41, 5.74) is 1.52. The van der Waals surface area contributed by atoms with E-state index in [1.165, 1.54) is 41.7 Å². The molecular weight excluding hydrogens is 172 g/mol. The molecule has 1 heteroatoms. The van der Waals surface area contributed by atoms with Crippen LogP contribution in [0, 0.1) is 0 Å². The summed E-state index contributed by atoms with van der Waals surface area (Å²) in [6, 6.07) is 8.55. The lowest BCUT2D eigenvalue weighted by Crippen LogP contribution is -2.37. The SMILES string of the molecule is C1=c2ccccc2=C2CCCCC2O1. The lowest BCUT2D eigenvalue weighted by atomic mass is 9.89. The summed E-state index contributed by atoms with van der Waals surface area (Å²) in [6.07, 6.45) is 7.34. The van der Waals surface area contributed by atoms with Gasteiger partial charge in [-0.3, -0.25) is 0 Å². The first-order valence-corrected chi connectivity index (χ1v) is 5.39. The largest absolute Gasteiger partial charge is 0.493 e. The Bertz CT molecular complexity index is 458. The van der Waals surface area contributed by atoms with Crippen LogP contribution in [0.4, 0.5) is 0 Å².